The molecular weight excluding hydrogens is 254 g/mol. The van der Waals surface area contributed by atoms with E-state index in [1.54, 1.807) is 12.1 Å². The number of fused-ring (bicyclic) bond motifs is 1. The van der Waals surface area contributed by atoms with E-state index in [2.05, 4.69) is 0 Å². The van der Waals surface area contributed by atoms with Crippen LogP contribution in [0, 0.1) is 11.8 Å². The first kappa shape index (κ1) is 11.5. The van der Waals surface area contributed by atoms with Gasteiger partial charge in [0.1, 0.15) is 5.76 Å². The second-order valence-corrected chi connectivity index (χ2v) is 5.13. The summed E-state index contributed by atoms with van der Waals surface area (Å²) in [6.45, 7) is 0.218. The summed E-state index contributed by atoms with van der Waals surface area (Å²) < 4.78 is 5.18. The fourth-order valence-electron chi connectivity index (χ4n) is 2.61. The van der Waals surface area contributed by atoms with Gasteiger partial charge in [0.25, 0.3) is 0 Å². The van der Waals surface area contributed by atoms with Gasteiger partial charge in [-0.15, -0.1) is 0 Å². The van der Waals surface area contributed by atoms with Crippen LogP contribution in [0.5, 0.6) is 0 Å². The number of imide groups is 1. The molecule has 1 saturated heterocycles. The fraction of sp³-hybridized carbons (Fsp3) is 0.385. The van der Waals surface area contributed by atoms with Crippen molar-refractivity contribution in [2.75, 3.05) is 0 Å². The van der Waals surface area contributed by atoms with Crippen molar-refractivity contribution in [2.24, 2.45) is 11.8 Å². The number of nitrogens with zero attached hydrogens (tertiary/aromatic N) is 1. The zero-order chi connectivity index (χ0) is 12.7. The molecule has 0 saturated carbocycles. The summed E-state index contributed by atoms with van der Waals surface area (Å²) in [6.07, 6.45) is 4.41. The fourth-order valence-corrected chi connectivity index (χ4v) is 2.87. The average Bonchev–Trinajstić information content (AvgIpc) is 2.93. The lowest BCUT2D eigenvalue weighted by atomic mass is 9.85. The molecule has 2 aliphatic rings. The molecule has 0 N–H and O–H groups in total. The predicted molar refractivity (Wildman–Crippen MR) is 64.4 cm³/mol. The molecule has 18 heavy (non-hydrogen) atoms. The van der Waals surface area contributed by atoms with Gasteiger partial charge in [-0.3, -0.25) is 14.5 Å². The quantitative estimate of drug-likeness (QED) is 0.771. The van der Waals surface area contributed by atoms with Crippen LogP contribution >= 0.6 is 11.6 Å². The number of rotatable bonds is 2. The molecule has 2 amide bonds. The zero-order valence-electron chi connectivity index (χ0n) is 9.64. The molecule has 2 atom stereocenters. The highest BCUT2D eigenvalue weighted by atomic mass is 35.5. The Morgan fingerprint density at radius 2 is 2.11 bits per heavy atom. The summed E-state index contributed by atoms with van der Waals surface area (Å²) in [5.74, 6) is -0.149. The third-order valence-electron chi connectivity index (χ3n) is 3.55. The minimum absolute atomic E-state index is 0.109. The smallest absolute Gasteiger partial charge is 0.233 e. The van der Waals surface area contributed by atoms with Crippen molar-refractivity contribution in [3.63, 3.8) is 0 Å². The highest BCUT2D eigenvalue weighted by molar-refractivity contribution is 6.30. The first-order chi connectivity index (χ1) is 8.66. The average molecular weight is 266 g/mol. The number of allylic oxidation sites excluding steroid dienone is 2. The number of amides is 2. The van der Waals surface area contributed by atoms with Crippen LogP contribution in [0.4, 0.5) is 0 Å². The molecule has 1 aliphatic carbocycles. The zero-order valence-corrected chi connectivity index (χ0v) is 10.4. The molecule has 0 aromatic carbocycles. The van der Waals surface area contributed by atoms with E-state index >= 15 is 0 Å². The summed E-state index contributed by atoms with van der Waals surface area (Å²) in [4.78, 5) is 25.7. The third-order valence-corrected chi connectivity index (χ3v) is 3.86. The largest absolute Gasteiger partial charge is 0.467 e. The van der Waals surface area contributed by atoms with Crippen LogP contribution in [-0.4, -0.2) is 16.7 Å². The number of carbonyl (C=O) groups excluding carboxylic acids is 2. The predicted octanol–water partition coefficient (Wildman–Crippen LogP) is 2.30. The van der Waals surface area contributed by atoms with E-state index in [1.807, 2.05) is 6.08 Å². The molecule has 1 aromatic heterocycles. The Balaban J connectivity index is 1.82. The molecule has 5 heteroatoms. The maximum absolute atomic E-state index is 12.2. The lowest BCUT2D eigenvalue weighted by Gasteiger charge is -2.17. The molecule has 0 radical (unpaired) electrons. The summed E-state index contributed by atoms with van der Waals surface area (Å²) in [5.41, 5.74) is 0. The minimum atomic E-state index is -0.287. The van der Waals surface area contributed by atoms with E-state index in [0.717, 1.165) is 0 Å². The number of furan rings is 1. The van der Waals surface area contributed by atoms with Crippen molar-refractivity contribution in [3.8, 4) is 0 Å². The van der Waals surface area contributed by atoms with Crippen molar-refractivity contribution in [2.45, 2.75) is 19.4 Å². The van der Waals surface area contributed by atoms with Crippen molar-refractivity contribution in [3.05, 3.63) is 35.3 Å². The second kappa shape index (κ2) is 4.28. The molecular formula is C13H12ClNO3. The van der Waals surface area contributed by atoms with E-state index in [1.165, 1.54) is 11.2 Å². The molecule has 0 bridgehead atoms. The lowest BCUT2D eigenvalue weighted by molar-refractivity contribution is -0.140. The Morgan fingerprint density at radius 3 is 2.83 bits per heavy atom. The second-order valence-electron chi connectivity index (χ2n) is 4.65. The Hall–Kier alpha value is -1.55. The third kappa shape index (κ3) is 1.77. The standard InChI is InChI=1S/C13H12ClNO3/c14-8-3-4-10-11(6-8)13(17)15(12(10)16)7-9-2-1-5-18-9/h1-3,5,10-11H,4,6-7H2. The molecule has 2 heterocycles. The summed E-state index contributed by atoms with van der Waals surface area (Å²) in [6, 6.07) is 3.50. The minimum Gasteiger partial charge on any atom is -0.467 e. The molecule has 3 rings (SSSR count). The number of hydrogen-bond donors (Lipinski definition) is 0. The van der Waals surface area contributed by atoms with E-state index < -0.39 is 0 Å². The number of halogens is 1. The van der Waals surface area contributed by atoms with Crippen molar-refractivity contribution < 1.29 is 14.0 Å². The van der Waals surface area contributed by atoms with Gasteiger partial charge in [0.05, 0.1) is 24.6 Å². The first-order valence-corrected chi connectivity index (χ1v) is 6.27. The van der Waals surface area contributed by atoms with Crippen LogP contribution < -0.4 is 0 Å². The van der Waals surface area contributed by atoms with Crippen molar-refractivity contribution >= 4 is 23.4 Å². The SMILES string of the molecule is O=C1C2CC=C(Cl)CC2C(=O)N1Cc1ccco1. The molecule has 1 aromatic rings. The highest BCUT2D eigenvalue weighted by Crippen LogP contribution is 2.39. The van der Waals surface area contributed by atoms with E-state index in [4.69, 9.17) is 16.0 Å². The van der Waals surface area contributed by atoms with Gasteiger partial charge in [-0.25, -0.2) is 0 Å². The number of carbonyl (C=O) groups is 2. The molecule has 94 valence electrons. The number of hydrogen-bond acceptors (Lipinski definition) is 3. The lowest BCUT2D eigenvalue weighted by Crippen LogP contribution is -2.30. The molecule has 1 aliphatic heterocycles. The Bertz CT molecular complexity index is 520. The van der Waals surface area contributed by atoms with Gasteiger partial charge in [0.2, 0.25) is 11.8 Å². The monoisotopic (exact) mass is 265 g/mol. The maximum Gasteiger partial charge on any atom is 0.233 e. The van der Waals surface area contributed by atoms with Crippen LogP contribution in [0.3, 0.4) is 0 Å². The Labute approximate surface area is 109 Å². The van der Waals surface area contributed by atoms with Crippen LogP contribution in [0.25, 0.3) is 0 Å². The van der Waals surface area contributed by atoms with Gasteiger partial charge in [-0.2, -0.15) is 0 Å². The first-order valence-electron chi connectivity index (χ1n) is 5.89. The van der Waals surface area contributed by atoms with Gasteiger partial charge in [0, 0.05) is 5.03 Å². The van der Waals surface area contributed by atoms with Gasteiger partial charge >= 0.3 is 0 Å². The topological polar surface area (TPSA) is 50.5 Å². The molecule has 0 spiro atoms. The number of likely N-dealkylation sites (tertiary alicyclic amines) is 1. The van der Waals surface area contributed by atoms with Gasteiger partial charge in [-0.05, 0) is 25.0 Å². The highest BCUT2D eigenvalue weighted by Gasteiger charge is 2.48. The summed E-state index contributed by atoms with van der Waals surface area (Å²) in [5, 5.41) is 0.678. The summed E-state index contributed by atoms with van der Waals surface area (Å²) in [7, 11) is 0. The van der Waals surface area contributed by atoms with Gasteiger partial charge in [-0.1, -0.05) is 17.7 Å². The van der Waals surface area contributed by atoms with E-state index in [-0.39, 0.29) is 30.2 Å². The van der Waals surface area contributed by atoms with Crippen molar-refractivity contribution in [1.82, 2.24) is 4.90 Å². The van der Waals surface area contributed by atoms with Crippen LogP contribution in [0.1, 0.15) is 18.6 Å². The van der Waals surface area contributed by atoms with E-state index in [0.29, 0.717) is 23.6 Å². The maximum atomic E-state index is 12.2. The van der Waals surface area contributed by atoms with Crippen LogP contribution in [-0.2, 0) is 16.1 Å². The van der Waals surface area contributed by atoms with Crippen molar-refractivity contribution in [1.29, 1.82) is 0 Å². The Kier molecular flexibility index (Phi) is 2.74. The van der Waals surface area contributed by atoms with Gasteiger partial charge in [0.15, 0.2) is 0 Å². The van der Waals surface area contributed by atoms with E-state index in [9.17, 15) is 9.59 Å². The van der Waals surface area contributed by atoms with Gasteiger partial charge < -0.3 is 4.42 Å². The molecule has 1 fully saturated rings. The molecule has 2 unspecified atom stereocenters. The van der Waals surface area contributed by atoms with Crippen LogP contribution in [0.2, 0.25) is 0 Å². The van der Waals surface area contributed by atoms with Crippen LogP contribution in [0.15, 0.2) is 33.9 Å². The molecule has 4 nitrogen and oxygen atoms in total. The normalized spacial score (nSPS) is 27.4. The summed E-state index contributed by atoms with van der Waals surface area (Å²) >= 11 is 5.95. The Morgan fingerprint density at radius 1 is 1.33 bits per heavy atom.